The second-order valence-electron chi connectivity index (χ2n) is 4.43. The number of primary amides is 1. The number of hydrogen-bond acceptors (Lipinski definition) is 5. The number of rotatable bonds is 6. The number of carbonyl (C=O) groups excluding carboxylic acids is 1. The van der Waals surface area contributed by atoms with Crippen LogP contribution in [0.1, 0.15) is 38.9 Å². The molecule has 0 saturated heterocycles. The maximum absolute atomic E-state index is 11.6. The second kappa shape index (κ2) is 5.27. The van der Waals surface area contributed by atoms with Gasteiger partial charge in [-0.25, -0.2) is 0 Å². The Morgan fingerprint density at radius 3 is 2.59 bits per heavy atom. The monoisotopic (exact) mass is 240 g/mol. The van der Waals surface area contributed by atoms with E-state index in [4.69, 9.17) is 10.3 Å². The minimum atomic E-state index is -0.734. The third-order valence-electron chi connectivity index (χ3n) is 3.11. The molecule has 3 N–H and O–H groups in total. The topological polar surface area (TPSA) is 94.0 Å². The van der Waals surface area contributed by atoms with Gasteiger partial charge in [-0.15, -0.1) is 0 Å². The smallest absolute Gasteiger partial charge is 0.240 e. The molecular formula is C11H20N4O2. The molecule has 0 bridgehead atoms. The number of aryl methyl sites for hydroxylation is 1. The fraction of sp³-hybridized carbons (Fsp3) is 0.727. The Hall–Kier alpha value is -1.43. The Morgan fingerprint density at radius 1 is 1.59 bits per heavy atom. The van der Waals surface area contributed by atoms with Crippen LogP contribution in [0.3, 0.4) is 0 Å². The Balaban J connectivity index is 2.77. The molecule has 1 heterocycles. The number of carbonyl (C=O) groups is 1. The van der Waals surface area contributed by atoms with E-state index in [-0.39, 0.29) is 11.8 Å². The van der Waals surface area contributed by atoms with E-state index >= 15 is 0 Å². The highest BCUT2D eigenvalue weighted by molar-refractivity contribution is 5.84. The Bertz CT molecular complexity index is 389. The minimum absolute atomic E-state index is 0.0917. The van der Waals surface area contributed by atoms with Gasteiger partial charge in [0.1, 0.15) is 5.54 Å². The number of aromatic nitrogens is 2. The quantitative estimate of drug-likeness (QED) is 0.765. The van der Waals surface area contributed by atoms with Gasteiger partial charge in [-0.3, -0.25) is 10.1 Å². The fourth-order valence-corrected chi connectivity index (χ4v) is 1.93. The third-order valence-corrected chi connectivity index (χ3v) is 3.11. The summed E-state index contributed by atoms with van der Waals surface area (Å²) >= 11 is 0. The first-order valence-electron chi connectivity index (χ1n) is 5.76. The van der Waals surface area contributed by atoms with Crippen LogP contribution in [0.15, 0.2) is 4.52 Å². The molecule has 0 aliphatic heterocycles. The normalized spacial score (nSPS) is 14.9. The highest BCUT2D eigenvalue weighted by Crippen LogP contribution is 2.21. The molecule has 0 fully saturated rings. The molecule has 6 nitrogen and oxygen atoms in total. The summed E-state index contributed by atoms with van der Waals surface area (Å²) in [5.41, 5.74) is 4.75. The molecule has 0 aromatic carbocycles. The average Bonchev–Trinajstić information content (AvgIpc) is 2.65. The number of nitrogens with one attached hydrogen (secondary N) is 1. The minimum Gasteiger partial charge on any atom is -0.368 e. The Morgan fingerprint density at radius 2 is 2.24 bits per heavy atom. The molecule has 1 atom stereocenters. The summed E-state index contributed by atoms with van der Waals surface area (Å²) in [6.45, 7) is 7.93. The first-order chi connectivity index (χ1) is 7.92. The number of nitrogens with two attached hydrogens (primary N) is 1. The van der Waals surface area contributed by atoms with Crippen LogP contribution in [0.5, 0.6) is 0 Å². The number of nitrogens with zero attached hydrogens (tertiary/aromatic N) is 2. The van der Waals surface area contributed by atoms with E-state index in [2.05, 4.69) is 15.5 Å². The van der Waals surface area contributed by atoms with Gasteiger partial charge in [-0.2, -0.15) is 4.98 Å². The van der Waals surface area contributed by atoms with Gasteiger partial charge in [0.2, 0.25) is 11.8 Å². The van der Waals surface area contributed by atoms with Crippen LogP contribution >= 0.6 is 0 Å². The summed E-state index contributed by atoms with van der Waals surface area (Å²) in [6.07, 6.45) is 0.618. The van der Waals surface area contributed by atoms with Crippen molar-refractivity contribution in [3.8, 4) is 0 Å². The highest BCUT2D eigenvalue weighted by Gasteiger charge is 2.37. The van der Waals surface area contributed by atoms with E-state index in [1.807, 2.05) is 20.8 Å². The molecule has 0 spiro atoms. The lowest BCUT2D eigenvalue weighted by atomic mass is 9.83. The summed E-state index contributed by atoms with van der Waals surface area (Å²) in [5.74, 6) is 0.773. The van der Waals surface area contributed by atoms with Crippen molar-refractivity contribution in [1.29, 1.82) is 0 Å². The molecule has 0 radical (unpaired) electrons. The van der Waals surface area contributed by atoms with Gasteiger partial charge >= 0.3 is 0 Å². The van der Waals surface area contributed by atoms with Crippen LogP contribution in [-0.2, 0) is 11.3 Å². The molecule has 1 amide bonds. The lowest BCUT2D eigenvalue weighted by Crippen LogP contribution is -2.58. The summed E-state index contributed by atoms with van der Waals surface area (Å²) in [4.78, 5) is 15.7. The molecule has 17 heavy (non-hydrogen) atoms. The summed E-state index contributed by atoms with van der Waals surface area (Å²) in [5, 5.41) is 6.83. The van der Waals surface area contributed by atoms with Crippen molar-refractivity contribution in [1.82, 2.24) is 15.5 Å². The van der Waals surface area contributed by atoms with Gasteiger partial charge < -0.3 is 10.3 Å². The van der Waals surface area contributed by atoms with Crippen LogP contribution in [0, 0.1) is 12.8 Å². The molecule has 6 heteroatoms. The summed E-state index contributed by atoms with van der Waals surface area (Å²) < 4.78 is 4.99. The van der Waals surface area contributed by atoms with Gasteiger partial charge in [0, 0.05) is 0 Å². The zero-order valence-electron chi connectivity index (χ0n) is 10.8. The van der Waals surface area contributed by atoms with Crippen LogP contribution in [0.2, 0.25) is 0 Å². The van der Waals surface area contributed by atoms with Gasteiger partial charge in [-0.05, 0) is 19.3 Å². The molecular weight excluding hydrogens is 220 g/mol. The first kappa shape index (κ1) is 13.6. The van der Waals surface area contributed by atoms with E-state index < -0.39 is 5.54 Å². The molecule has 1 unspecified atom stereocenters. The molecule has 0 saturated carbocycles. The Kier molecular flexibility index (Phi) is 4.22. The van der Waals surface area contributed by atoms with Crippen molar-refractivity contribution in [3.63, 3.8) is 0 Å². The molecule has 1 aromatic heterocycles. The van der Waals surface area contributed by atoms with E-state index in [1.54, 1.807) is 6.92 Å². The standard InChI is InChI=1S/C11H20N4O2/c1-5-11(7(2)3,10(12)16)13-6-9-14-8(4)15-17-9/h7,13H,5-6H2,1-4H3,(H2,12,16). The second-order valence-corrected chi connectivity index (χ2v) is 4.43. The van der Waals surface area contributed by atoms with Crippen LogP contribution in [0.4, 0.5) is 0 Å². The molecule has 0 aliphatic rings. The highest BCUT2D eigenvalue weighted by atomic mass is 16.5. The van der Waals surface area contributed by atoms with Crippen molar-refractivity contribution in [2.45, 2.75) is 46.2 Å². The van der Waals surface area contributed by atoms with Crippen molar-refractivity contribution in [2.24, 2.45) is 11.7 Å². The van der Waals surface area contributed by atoms with Gasteiger partial charge in [-0.1, -0.05) is 25.9 Å². The third kappa shape index (κ3) is 2.82. The predicted molar refractivity (Wildman–Crippen MR) is 62.9 cm³/mol. The predicted octanol–water partition coefficient (Wildman–Crippen LogP) is 0.758. The van der Waals surface area contributed by atoms with Gasteiger partial charge in [0.05, 0.1) is 6.54 Å². The fourth-order valence-electron chi connectivity index (χ4n) is 1.93. The van der Waals surface area contributed by atoms with Gasteiger partial charge in [0.15, 0.2) is 5.82 Å². The summed E-state index contributed by atoms with van der Waals surface area (Å²) in [6, 6.07) is 0. The maximum atomic E-state index is 11.6. The van der Waals surface area contributed by atoms with Crippen molar-refractivity contribution >= 4 is 5.91 Å². The average molecular weight is 240 g/mol. The first-order valence-corrected chi connectivity index (χ1v) is 5.76. The maximum Gasteiger partial charge on any atom is 0.240 e. The lowest BCUT2D eigenvalue weighted by Gasteiger charge is -2.34. The molecule has 1 rings (SSSR count). The van der Waals surface area contributed by atoms with E-state index in [0.29, 0.717) is 24.7 Å². The largest absolute Gasteiger partial charge is 0.368 e. The molecule has 96 valence electrons. The summed E-state index contributed by atoms with van der Waals surface area (Å²) in [7, 11) is 0. The zero-order valence-corrected chi connectivity index (χ0v) is 10.8. The van der Waals surface area contributed by atoms with Crippen molar-refractivity contribution in [2.75, 3.05) is 0 Å². The van der Waals surface area contributed by atoms with Crippen molar-refractivity contribution < 1.29 is 9.32 Å². The van der Waals surface area contributed by atoms with Gasteiger partial charge in [0.25, 0.3) is 0 Å². The zero-order chi connectivity index (χ0) is 13.1. The lowest BCUT2D eigenvalue weighted by molar-refractivity contribution is -0.126. The molecule has 1 aromatic rings. The van der Waals surface area contributed by atoms with Crippen LogP contribution < -0.4 is 11.1 Å². The molecule has 0 aliphatic carbocycles. The van der Waals surface area contributed by atoms with Crippen LogP contribution in [-0.4, -0.2) is 21.6 Å². The SMILES string of the molecule is CCC(NCc1nc(C)no1)(C(N)=O)C(C)C. The Labute approximate surface area is 101 Å². The van der Waals surface area contributed by atoms with Crippen molar-refractivity contribution in [3.05, 3.63) is 11.7 Å². The van der Waals surface area contributed by atoms with E-state index in [1.165, 1.54) is 0 Å². The van der Waals surface area contributed by atoms with E-state index in [0.717, 1.165) is 0 Å². The van der Waals surface area contributed by atoms with Crippen LogP contribution in [0.25, 0.3) is 0 Å². The van der Waals surface area contributed by atoms with E-state index in [9.17, 15) is 4.79 Å². The number of hydrogen-bond donors (Lipinski definition) is 2. The number of amides is 1.